The second-order valence-corrected chi connectivity index (χ2v) is 4.44. The first-order valence-corrected chi connectivity index (χ1v) is 5.87. The smallest absolute Gasteiger partial charge is 0.323 e. The summed E-state index contributed by atoms with van der Waals surface area (Å²) in [6.45, 7) is 9.88. The molecule has 0 radical (unpaired) electrons. The molecule has 0 aliphatic heterocycles. The van der Waals surface area contributed by atoms with Crippen molar-refractivity contribution in [2.75, 3.05) is 18.0 Å². The lowest BCUT2D eigenvalue weighted by Gasteiger charge is -2.21. The zero-order valence-electron chi connectivity index (χ0n) is 11.1. The van der Waals surface area contributed by atoms with E-state index in [0.717, 1.165) is 11.5 Å². The Bertz CT molecular complexity index is 444. The molecule has 1 rings (SSSR count). The molecule has 1 heterocycles. The highest BCUT2D eigenvalue weighted by molar-refractivity contribution is 5.73. The standard InChI is InChI=1S/C13H19N3O2/c1-5-6-16(8-12(17)18)11-7-10(4)14-13(15-11)9(2)3/h5,7,9H,1,6,8H2,2-4H3,(H,17,18). The van der Waals surface area contributed by atoms with Crippen LogP contribution in [0.1, 0.15) is 31.3 Å². The van der Waals surface area contributed by atoms with Gasteiger partial charge in [-0.3, -0.25) is 4.79 Å². The van der Waals surface area contributed by atoms with E-state index in [1.807, 2.05) is 20.8 Å². The second-order valence-electron chi connectivity index (χ2n) is 4.44. The van der Waals surface area contributed by atoms with Gasteiger partial charge >= 0.3 is 5.97 Å². The summed E-state index contributed by atoms with van der Waals surface area (Å²) in [5.41, 5.74) is 0.836. The van der Waals surface area contributed by atoms with Crippen LogP contribution in [0.5, 0.6) is 0 Å². The van der Waals surface area contributed by atoms with Crippen molar-refractivity contribution >= 4 is 11.8 Å². The predicted octanol–water partition coefficient (Wildman–Crippen LogP) is 1.99. The van der Waals surface area contributed by atoms with Crippen LogP contribution >= 0.6 is 0 Å². The van der Waals surface area contributed by atoms with Crippen molar-refractivity contribution < 1.29 is 9.90 Å². The molecule has 1 N–H and O–H groups in total. The van der Waals surface area contributed by atoms with Crippen molar-refractivity contribution in [3.8, 4) is 0 Å². The van der Waals surface area contributed by atoms with Gasteiger partial charge in [-0.2, -0.15) is 0 Å². The van der Waals surface area contributed by atoms with Crippen molar-refractivity contribution in [1.82, 2.24) is 9.97 Å². The Morgan fingerprint density at radius 3 is 2.72 bits per heavy atom. The van der Waals surface area contributed by atoms with E-state index in [9.17, 15) is 4.79 Å². The fraction of sp³-hybridized carbons (Fsp3) is 0.462. The fourth-order valence-corrected chi connectivity index (χ4v) is 1.55. The van der Waals surface area contributed by atoms with E-state index in [-0.39, 0.29) is 12.5 Å². The van der Waals surface area contributed by atoms with Crippen LogP contribution < -0.4 is 4.90 Å². The number of rotatable bonds is 6. The second kappa shape index (κ2) is 6.14. The number of anilines is 1. The van der Waals surface area contributed by atoms with Crippen LogP contribution in [0.3, 0.4) is 0 Å². The van der Waals surface area contributed by atoms with Gasteiger partial charge in [0.15, 0.2) is 0 Å². The Balaban J connectivity index is 3.10. The summed E-state index contributed by atoms with van der Waals surface area (Å²) in [6.07, 6.45) is 1.66. The molecular weight excluding hydrogens is 230 g/mol. The minimum Gasteiger partial charge on any atom is -0.480 e. The highest BCUT2D eigenvalue weighted by Crippen LogP contribution is 2.17. The van der Waals surface area contributed by atoms with Crippen molar-refractivity contribution in [3.05, 3.63) is 30.2 Å². The van der Waals surface area contributed by atoms with E-state index in [1.54, 1.807) is 17.0 Å². The highest BCUT2D eigenvalue weighted by Gasteiger charge is 2.13. The molecule has 98 valence electrons. The molecular formula is C13H19N3O2. The van der Waals surface area contributed by atoms with Crippen LogP contribution in [-0.4, -0.2) is 34.1 Å². The molecule has 0 spiro atoms. The number of hydrogen-bond donors (Lipinski definition) is 1. The summed E-state index contributed by atoms with van der Waals surface area (Å²) >= 11 is 0. The number of carboxylic acids is 1. The number of hydrogen-bond acceptors (Lipinski definition) is 4. The number of carbonyl (C=O) groups is 1. The third kappa shape index (κ3) is 3.84. The molecule has 0 bridgehead atoms. The van der Waals surface area contributed by atoms with Gasteiger partial charge in [0.25, 0.3) is 0 Å². The average Bonchev–Trinajstić information content (AvgIpc) is 2.27. The van der Waals surface area contributed by atoms with E-state index in [1.165, 1.54) is 0 Å². The maximum atomic E-state index is 10.8. The van der Waals surface area contributed by atoms with Gasteiger partial charge in [-0.1, -0.05) is 19.9 Å². The summed E-state index contributed by atoms with van der Waals surface area (Å²) in [6, 6.07) is 1.79. The number of carboxylic acid groups (broad SMARTS) is 1. The van der Waals surface area contributed by atoms with Crippen molar-refractivity contribution in [1.29, 1.82) is 0 Å². The molecule has 0 amide bonds. The van der Waals surface area contributed by atoms with Gasteiger partial charge in [0.2, 0.25) is 0 Å². The molecule has 0 aliphatic rings. The van der Waals surface area contributed by atoms with E-state index < -0.39 is 5.97 Å². The van der Waals surface area contributed by atoms with Gasteiger partial charge < -0.3 is 10.0 Å². The zero-order valence-corrected chi connectivity index (χ0v) is 11.1. The van der Waals surface area contributed by atoms with Crippen LogP contribution in [0.4, 0.5) is 5.82 Å². The van der Waals surface area contributed by atoms with Crippen molar-refractivity contribution in [2.45, 2.75) is 26.7 Å². The van der Waals surface area contributed by atoms with Crippen molar-refractivity contribution in [2.24, 2.45) is 0 Å². The third-order valence-corrected chi connectivity index (χ3v) is 2.37. The van der Waals surface area contributed by atoms with E-state index in [4.69, 9.17) is 5.11 Å². The topological polar surface area (TPSA) is 66.3 Å². The quantitative estimate of drug-likeness (QED) is 0.781. The summed E-state index contributed by atoms with van der Waals surface area (Å²) in [5.74, 6) is 0.677. The normalized spacial score (nSPS) is 10.4. The van der Waals surface area contributed by atoms with E-state index in [0.29, 0.717) is 12.4 Å². The monoisotopic (exact) mass is 249 g/mol. The Labute approximate surface area is 107 Å². The van der Waals surface area contributed by atoms with Crippen LogP contribution in [0.2, 0.25) is 0 Å². The summed E-state index contributed by atoms with van der Waals surface area (Å²) in [5, 5.41) is 8.90. The molecule has 0 fully saturated rings. The SMILES string of the molecule is C=CCN(CC(=O)O)c1cc(C)nc(C(C)C)n1. The van der Waals surface area contributed by atoms with Gasteiger partial charge in [-0.25, -0.2) is 9.97 Å². The summed E-state index contributed by atoms with van der Waals surface area (Å²) in [4.78, 5) is 21.3. The Morgan fingerprint density at radius 2 is 2.22 bits per heavy atom. The molecule has 1 aromatic rings. The third-order valence-electron chi connectivity index (χ3n) is 2.37. The molecule has 0 saturated carbocycles. The van der Waals surface area contributed by atoms with Crippen molar-refractivity contribution in [3.63, 3.8) is 0 Å². The van der Waals surface area contributed by atoms with Crippen LogP contribution in [0, 0.1) is 6.92 Å². The molecule has 0 saturated heterocycles. The minimum atomic E-state index is -0.890. The van der Waals surface area contributed by atoms with Gasteiger partial charge in [0, 0.05) is 24.2 Å². The number of nitrogens with zero attached hydrogens (tertiary/aromatic N) is 3. The zero-order chi connectivity index (χ0) is 13.7. The molecule has 5 nitrogen and oxygen atoms in total. The Hall–Kier alpha value is -1.91. The molecule has 1 aromatic heterocycles. The maximum Gasteiger partial charge on any atom is 0.323 e. The maximum absolute atomic E-state index is 10.8. The average molecular weight is 249 g/mol. The molecule has 18 heavy (non-hydrogen) atoms. The summed E-state index contributed by atoms with van der Waals surface area (Å²) < 4.78 is 0. The lowest BCUT2D eigenvalue weighted by atomic mass is 10.2. The molecule has 0 aliphatic carbocycles. The molecule has 5 heteroatoms. The number of aliphatic carboxylic acids is 1. The molecule has 0 atom stereocenters. The Morgan fingerprint density at radius 1 is 1.56 bits per heavy atom. The fourth-order valence-electron chi connectivity index (χ4n) is 1.55. The first kappa shape index (κ1) is 14.2. The lowest BCUT2D eigenvalue weighted by molar-refractivity contribution is -0.135. The van der Waals surface area contributed by atoms with Gasteiger partial charge in [-0.05, 0) is 6.92 Å². The van der Waals surface area contributed by atoms with Crippen LogP contribution in [0.25, 0.3) is 0 Å². The molecule has 0 aromatic carbocycles. The van der Waals surface area contributed by atoms with Gasteiger partial charge in [0.05, 0.1) is 0 Å². The van der Waals surface area contributed by atoms with Crippen LogP contribution in [0.15, 0.2) is 18.7 Å². The number of aromatic nitrogens is 2. The largest absolute Gasteiger partial charge is 0.480 e. The first-order valence-electron chi connectivity index (χ1n) is 5.87. The van der Waals surface area contributed by atoms with E-state index in [2.05, 4.69) is 16.5 Å². The molecule has 0 unspecified atom stereocenters. The predicted molar refractivity (Wildman–Crippen MR) is 70.9 cm³/mol. The highest BCUT2D eigenvalue weighted by atomic mass is 16.4. The Kier molecular flexibility index (Phi) is 4.83. The van der Waals surface area contributed by atoms with Gasteiger partial charge in [-0.15, -0.1) is 6.58 Å². The van der Waals surface area contributed by atoms with E-state index >= 15 is 0 Å². The van der Waals surface area contributed by atoms with Crippen LogP contribution in [-0.2, 0) is 4.79 Å². The van der Waals surface area contributed by atoms with Gasteiger partial charge in [0.1, 0.15) is 18.2 Å². The summed E-state index contributed by atoms with van der Waals surface area (Å²) in [7, 11) is 0. The lowest BCUT2D eigenvalue weighted by Crippen LogP contribution is -2.31. The minimum absolute atomic E-state index is 0.0972. The number of aryl methyl sites for hydroxylation is 1. The first-order chi connectivity index (χ1) is 8.43.